The summed E-state index contributed by atoms with van der Waals surface area (Å²) in [6.45, 7) is 2.12. The van der Waals surface area contributed by atoms with Gasteiger partial charge in [0.2, 0.25) is 0 Å². The number of rotatable bonds is 3. The van der Waals surface area contributed by atoms with E-state index in [0.717, 1.165) is 10.6 Å². The van der Waals surface area contributed by atoms with Crippen LogP contribution in [0.1, 0.15) is 11.1 Å². The van der Waals surface area contributed by atoms with Gasteiger partial charge in [-0.25, -0.2) is 0 Å². The second kappa shape index (κ2) is 5.69. The predicted octanol–water partition coefficient (Wildman–Crippen LogP) is 3.20. The molecule has 21 heavy (non-hydrogen) atoms. The zero-order valence-corrected chi connectivity index (χ0v) is 12.5. The number of ether oxygens (including phenoxy) is 1. The Morgan fingerprint density at radius 1 is 1.33 bits per heavy atom. The lowest BCUT2D eigenvalue weighted by molar-refractivity contribution is -0.118. The van der Waals surface area contributed by atoms with Crippen molar-refractivity contribution >= 4 is 29.0 Å². The summed E-state index contributed by atoms with van der Waals surface area (Å²) in [6, 6.07) is 12.0. The first-order chi connectivity index (χ1) is 10.1. The Labute approximate surface area is 127 Å². The molecule has 0 saturated carbocycles. The third-order valence-corrected chi connectivity index (χ3v) is 4.36. The topological polar surface area (TPSA) is 64.3 Å². The summed E-state index contributed by atoms with van der Waals surface area (Å²) in [4.78, 5) is 12.3. The minimum atomic E-state index is -0.137. The van der Waals surface area contributed by atoms with Crippen molar-refractivity contribution in [2.24, 2.45) is 0 Å². The van der Waals surface area contributed by atoms with Gasteiger partial charge in [-0.15, -0.1) is 11.8 Å². The van der Waals surface area contributed by atoms with Crippen molar-refractivity contribution in [1.29, 1.82) is 0 Å². The summed E-state index contributed by atoms with van der Waals surface area (Å²) >= 11 is 1.65. The van der Waals surface area contributed by atoms with Crippen LogP contribution in [0.3, 0.4) is 0 Å². The summed E-state index contributed by atoms with van der Waals surface area (Å²) < 4.78 is 5.35. The molecule has 0 aromatic heterocycles. The molecule has 0 fully saturated rings. The smallest absolute Gasteiger partial charge is 0.262 e. The van der Waals surface area contributed by atoms with Crippen molar-refractivity contribution in [3.63, 3.8) is 0 Å². The van der Waals surface area contributed by atoms with E-state index in [4.69, 9.17) is 10.5 Å². The van der Waals surface area contributed by atoms with E-state index in [1.807, 2.05) is 6.07 Å². The number of benzene rings is 2. The second-order valence-corrected chi connectivity index (χ2v) is 6.02. The van der Waals surface area contributed by atoms with Crippen LogP contribution in [0, 0.1) is 6.92 Å². The van der Waals surface area contributed by atoms with Gasteiger partial charge in [-0.2, -0.15) is 0 Å². The van der Waals surface area contributed by atoms with Crippen LogP contribution in [-0.2, 0) is 10.5 Å². The molecule has 0 unspecified atom stereocenters. The Hall–Kier alpha value is -2.14. The van der Waals surface area contributed by atoms with Crippen LogP contribution in [0.2, 0.25) is 0 Å². The molecule has 0 saturated heterocycles. The summed E-state index contributed by atoms with van der Waals surface area (Å²) in [6.07, 6.45) is 0. The van der Waals surface area contributed by atoms with Gasteiger partial charge in [-0.1, -0.05) is 29.8 Å². The number of anilines is 2. The van der Waals surface area contributed by atoms with E-state index in [1.165, 1.54) is 11.1 Å². The van der Waals surface area contributed by atoms with E-state index in [9.17, 15) is 4.79 Å². The van der Waals surface area contributed by atoms with Gasteiger partial charge >= 0.3 is 0 Å². The summed E-state index contributed by atoms with van der Waals surface area (Å²) in [5, 5.41) is 2.80. The third-order valence-electron chi connectivity index (χ3n) is 3.22. The molecule has 4 nitrogen and oxygen atoms in total. The van der Waals surface area contributed by atoms with E-state index in [1.54, 1.807) is 17.8 Å². The maximum absolute atomic E-state index is 11.4. The summed E-state index contributed by atoms with van der Waals surface area (Å²) in [5.41, 5.74) is 9.91. The maximum Gasteiger partial charge on any atom is 0.262 e. The molecule has 3 N–H and O–H groups in total. The maximum atomic E-state index is 11.4. The minimum absolute atomic E-state index is 0.0439. The molecular weight excluding hydrogens is 284 g/mol. The van der Waals surface area contributed by atoms with Gasteiger partial charge in [0, 0.05) is 22.4 Å². The zero-order valence-electron chi connectivity index (χ0n) is 11.7. The van der Waals surface area contributed by atoms with E-state index >= 15 is 0 Å². The Bertz CT molecular complexity index is 701. The number of aryl methyl sites for hydroxylation is 1. The molecule has 1 aliphatic heterocycles. The average molecular weight is 300 g/mol. The van der Waals surface area contributed by atoms with Crippen molar-refractivity contribution < 1.29 is 9.53 Å². The van der Waals surface area contributed by atoms with Gasteiger partial charge in [0.05, 0.1) is 5.69 Å². The number of nitrogens with one attached hydrogen (secondary N) is 1. The third kappa shape index (κ3) is 3.13. The molecule has 1 amide bonds. The molecule has 0 aliphatic carbocycles. The normalized spacial score (nSPS) is 13.3. The fourth-order valence-corrected chi connectivity index (χ4v) is 3.14. The van der Waals surface area contributed by atoms with Crippen molar-refractivity contribution in [2.45, 2.75) is 17.6 Å². The van der Waals surface area contributed by atoms with Crippen molar-refractivity contribution in [3.05, 3.63) is 47.5 Å². The highest BCUT2D eigenvalue weighted by molar-refractivity contribution is 7.98. The first-order valence-corrected chi connectivity index (χ1v) is 7.65. The van der Waals surface area contributed by atoms with Crippen LogP contribution >= 0.6 is 11.8 Å². The Balaban J connectivity index is 1.79. The number of nitrogens with two attached hydrogens (primary N) is 1. The number of carbonyl (C=O) groups excluding carboxylic acids is 1. The molecule has 2 aromatic rings. The molecule has 1 heterocycles. The van der Waals surface area contributed by atoms with Gasteiger partial charge in [-0.3, -0.25) is 4.79 Å². The van der Waals surface area contributed by atoms with E-state index in [0.29, 0.717) is 17.1 Å². The quantitative estimate of drug-likeness (QED) is 0.675. The lowest BCUT2D eigenvalue weighted by atomic mass is 10.2. The first-order valence-electron chi connectivity index (χ1n) is 6.66. The van der Waals surface area contributed by atoms with Gasteiger partial charge in [0.15, 0.2) is 6.61 Å². The van der Waals surface area contributed by atoms with Crippen molar-refractivity contribution in [3.8, 4) is 5.75 Å². The van der Waals surface area contributed by atoms with Crippen LogP contribution in [0.4, 0.5) is 11.4 Å². The van der Waals surface area contributed by atoms with Crippen LogP contribution in [0.25, 0.3) is 0 Å². The number of nitrogen functional groups attached to an aromatic ring is 1. The number of carbonyl (C=O) groups is 1. The molecule has 0 radical (unpaired) electrons. The SMILES string of the molecule is Cc1cccc(CSc2cc3c(cc2N)OCC(=O)N3)c1. The van der Waals surface area contributed by atoms with E-state index < -0.39 is 0 Å². The van der Waals surface area contributed by atoms with Crippen LogP contribution < -0.4 is 15.8 Å². The van der Waals surface area contributed by atoms with Gasteiger partial charge < -0.3 is 15.8 Å². The molecule has 5 heteroatoms. The highest BCUT2D eigenvalue weighted by Crippen LogP contribution is 2.38. The summed E-state index contributed by atoms with van der Waals surface area (Å²) in [7, 11) is 0. The lowest BCUT2D eigenvalue weighted by Gasteiger charge is -2.19. The van der Waals surface area contributed by atoms with Crippen molar-refractivity contribution in [2.75, 3.05) is 17.7 Å². The van der Waals surface area contributed by atoms with Crippen LogP contribution in [-0.4, -0.2) is 12.5 Å². The fourth-order valence-electron chi connectivity index (χ4n) is 2.21. The standard InChI is InChI=1S/C16H16N2O2S/c1-10-3-2-4-11(5-10)9-21-15-7-13-14(6-12(15)17)20-8-16(19)18-13/h2-7H,8-9,17H2,1H3,(H,18,19). The lowest BCUT2D eigenvalue weighted by Crippen LogP contribution is -2.25. The van der Waals surface area contributed by atoms with E-state index in [2.05, 4.69) is 36.5 Å². The number of fused-ring (bicyclic) bond motifs is 1. The van der Waals surface area contributed by atoms with Crippen LogP contribution in [0.5, 0.6) is 5.75 Å². The molecule has 1 aliphatic rings. The van der Waals surface area contributed by atoms with Gasteiger partial charge in [0.1, 0.15) is 5.75 Å². The minimum Gasteiger partial charge on any atom is -0.482 e. The highest BCUT2D eigenvalue weighted by atomic mass is 32.2. The molecule has 0 spiro atoms. The molecule has 0 bridgehead atoms. The average Bonchev–Trinajstić information content (AvgIpc) is 2.45. The molecule has 0 atom stereocenters. The monoisotopic (exact) mass is 300 g/mol. The predicted molar refractivity (Wildman–Crippen MR) is 85.7 cm³/mol. The first kappa shape index (κ1) is 13.8. The zero-order chi connectivity index (χ0) is 14.8. The molecule has 108 valence electrons. The molecule has 2 aromatic carbocycles. The van der Waals surface area contributed by atoms with Crippen molar-refractivity contribution in [1.82, 2.24) is 0 Å². The Morgan fingerprint density at radius 2 is 2.19 bits per heavy atom. The van der Waals surface area contributed by atoms with Gasteiger partial charge in [0.25, 0.3) is 5.91 Å². The number of hydrogen-bond acceptors (Lipinski definition) is 4. The molecular formula is C16H16N2O2S. The highest BCUT2D eigenvalue weighted by Gasteiger charge is 2.18. The fraction of sp³-hybridized carbons (Fsp3) is 0.188. The Morgan fingerprint density at radius 3 is 3.00 bits per heavy atom. The molecule has 3 rings (SSSR count). The largest absolute Gasteiger partial charge is 0.482 e. The van der Waals surface area contributed by atoms with Gasteiger partial charge in [-0.05, 0) is 18.6 Å². The second-order valence-electron chi connectivity index (χ2n) is 5.00. The number of hydrogen-bond donors (Lipinski definition) is 2. The van der Waals surface area contributed by atoms with Crippen LogP contribution in [0.15, 0.2) is 41.3 Å². The van der Waals surface area contributed by atoms with E-state index in [-0.39, 0.29) is 12.5 Å². The number of amides is 1. The Kier molecular flexibility index (Phi) is 3.75. The summed E-state index contributed by atoms with van der Waals surface area (Å²) in [5.74, 6) is 1.33. The number of thioether (sulfide) groups is 1.